The molecule has 1 N–H and O–H groups in total. The van der Waals surface area contributed by atoms with E-state index in [4.69, 9.17) is 18.9 Å². The van der Waals surface area contributed by atoms with Crippen LogP contribution in [0.25, 0.3) is 5.57 Å². The average molecular weight is 430 g/mol. The lowest BCUT2D eigenvalue weighted by molar-refractivity contribution is -0.141. The lowest BCUT2D eigenvalue weighted by atomic mass is 9.88. The van der Waals surface area contributed by atoms with E-state index < -0.39 is 17.7 Å². The summed E-state index contributed by atoms with van der Waals surface area (Å²) in [5.74, 6) is 0.843. The van der Waals surface area contributed by atoms with Gasteiger partial charge in [-0.05, 0) is 38.7 Å². The van der Waals surface area contributed by atoms with Crippen LogP contribution in [-0.2, 0) is 20.7 Å². The maximum Gasteiger partial charge on any atom is 0.375 e. The minimum atomic E-state index is -1.07. The SMILES string of the molecule is CCOC(=O)C1=C(C=O)/C(=C\CC(C)C)c2c(cc3c(c2OC)C[C@@H](C(C)(C)O)O3)O1. The zero-order chi connectivity index (χ0) is 22.9. The first-order valence-corrected chi connectivity index (χ1v) is 10.5. The minimum Gasteiger partial charge on any atom is -0.496 e. The number of fused-ring (bicyclic) bond motifs is 2. The van der Waals surface area contributed by atoms with Gasteiger partial charge in [0.15, 0.2) is 6.29 Å². The second-order valence-corrected chi connectivity index (χ2v) is 8.65. The smallest absolute Gasteiger partial charge is 0.375 e. The lowest BCUT2D eigenvalue weighted by Crippen LogP contribution is -2.39. The van der Waals surface area contributed by atoms with Gasteiger partial charge in [-0.15, -0.1) is 0 Å². The van der Waals surface area contributed by atoms with Crippen LogP contribution in [0.15, 0.2) is 23.5 Å². The summed E-state index contributed by atoms with van der Waals surface area (Å²) >= 11 is 0. The Labute approximate surface area is 182 Å². The molecule has 1 aromatic carbocycles. The van der Waals surface area contributed by atoms with Crippen molar-refractivity contribution in [2.24, 2.45) is 5.92 Å². The molecule has 168 valence electrons. The fourth-order valence-electron chi connectivity index (χ4n) is 3.74. The molecular weight excluding hydrogens is 400 g/mol. The van der Waals surface area contributed by atoms with Crippen molar-refractivity contribution < 1.29 is 33.6 Å². The second-order valence-electron chi connectivity index (χ2n) is 8.65. The van der Waals surface area contributed by atoms with Gasteiger partial charge in [0.2, 0.25) is 5.76 Å². The highest BCUT2D eigenvalue weighted by molar-refractivity contribution is 6.09. The van der Waals surface area contributed by atoms with Crippen molar-refractivity contribution in [3.63, 3.8) is 0 Å². The number of aldehydes is 1. The van der Waals surface area contributed by atoms with E-state index in [0.29, 0.717) is 53.4 Å². The maximum absolute atomic E-state index is 12.5. The molecule has 2 aliphatic heterocycles. The molecule has 2 aliphatic rings. The van der Waals surface area contributed by atoms with Gasteiger partial charge in [-0.3, -0.25) is 4.79 Å². The Kier molecular flexibility index (Phi) is 6.46. The highest BCUT2D eigenvalue weighted by Crippen LogP contribution is 2.51. The molecule has 3 rings (SSSR count). The number of allylic oxidation sites excluding steroid dienone is 3. The summed E-state index contributed by atoms with van der Waals surface area (Å²) in [6.07, 6.45) is 3.20. The zero-order valence-corrected chi connectivity index (χ0v) is 18.9. The first kappa shape index (κ1) is 22.9. The highest BCUT2D eigenvalue weighted by atomic mass is 16.6. The summed E-state index contributed by atoms with van der Waals surface area (Å²) in [4.78, 5) is 24.6. The summed E-state index contributed by atoms with van der Waals surface area (Å²) < 4.78 is 22.7. The predicted octanol–water partition coefficient (Wildman–Crippen LogP) is 3.61. The molecule has 0 saturated carbocycles. The van der Waals surface area contributed by atoms with E-state index in [1.165, 1.54) is 0 Å². The Hall–Kier alpha value is -2.80. The number of rotatable bonds is 7. The number of methoxy groups -OCH3 is 1. The number of esters is 1. The normalized spacial score (nSPS) is 19.0. The van der Waals surface area contributed by atoms with E-state index in [1.54, 1.807) is 33.9 Å². The Morgan fingerprint density at radius 2 is 2.06 bits per heavy atom. The summed E-state index contributed by atoms with van der Waals surface area (Å²) in [6, 6.07) is 1.68. The van der Waals surface area contributed by atoms with Crippen LogP contribution in [0.2, 0.25) is 0 Å². The van der Waals surface area contributed by atoms with Crippen LogP contribution in [0.5, 0.6) is 17.2 Å². The topological polar surface area (TPSA) is 91.3 Å². The van der Waals surface area contributed by atoms with E-state index in [2.05, 4.69) is 13.8 Å². The quantitative estimate of drug-likeness (QED) is 0.522. The van der Waals surface area contributed by atoms with Crippen molar-refractivity contribution in [1.29, 1.82) is 0 Å². The molecule has 7 nitrogen and oxygen atoms in total. The molecule has 0 bridgehead atoms. The first-order chi connectivity index (χ1) is 14.6. The van der Waals surface area contributed by atoms with Crippen LogP contribution in [0.1, 0.15) is 52.2 Å². The van der Waals surface area contributed by atoms with E-state index in [-0.39, 0.29) is 17.9 Å². The van der Waals surface area contributed by atoms with Crippen molar-refractivity contribution >= 4 is 17.8 Å². The molecule has 7 heteroatoms. The number of aliphatic hydroxyl groups is 1. The van der Waals surface area contributed by atoms with Crippen LogP contribution in [0, 0.1) is 5.92 Å². The van der Waals surface area contributed by atoms with Gasteiger partial charge in [0.25, 0.3) is 0 Å². The van der Waals surface area contributed by atoms with Crippen LogP contribution >= 0.6 is 0 Å². The van der Waals surface area contributed by atoms with Gasteiger partial charge in [-0.1, -0.05) is 19.9 Å². The molecule has 0 aromatic heterocycles. The lowest BCUT2D eigenvalue weighted by Gasteiger charge is -2.26. The molecule has 2 heterocycles. The zero-order valence-electron chi connectivity index (χ0n) is 18.9. The Morgan fingerprint density at radius 1 is 1.35 bits per heavy atom. The second kappa shape index (κ2) is 8.75. The minimum absolute atomic E-state index is 0.128. The monoisotopic (exact) mass is 430 g/mol. The molecule has 1 aromatic rings. The van der Waals surface area contributed by atoms with Gasteiger partial charge in [-0.2, -0.15) is 0 Å². The van der Waals surface area contributed by atoms with Crippen molar-refractivity contribution in [2.45, 2.75) is 59.2 Å². The van der Waals surface area contributed by atoms with E-state index in [1.807, 2.05) is 6.08 Å². The van der Waals surface area contributed by atoms with Crippen molar-refractivity contribution in [3.05, 3.63) is 34.6 Å². The van der Waals surface area contributed by atoms with Gasteiger partial charge >= 0.3 is 5.97 Å². The van der Waals surface area contributed by atoms with Gasteiger partial charge in [-0.25, -0.2) is 4.79 Å². The third kappa shape index (κ3) is 4.32. The average Bonchev–Trinajstić information content (AvgIpc) is 3.13. The van der Waals surface area contributed by atoms with E-state index >= 15 is 0 Å². The Morgan fingerprint density at radius 3 is 2.61 bits per heavy atom. The number of hydrogen-bond donors (Lipinski definition) is 1. The largest absolute Gasteiger partial charge is 0.496 e. The van der Waals surface area contributed by atoms with Crippen LogP contribution in [0.4, 0.5) is 0 Å². The number of hydrogen-bond acceptors (Lipinski definition) is 7. The molecule has 0 amide bonds. The van der Waals surface area contributed by atoms with Crippen LogP contribution in [0.3, 0.4) is 0 Å². The van der Waals surface area contributed by atoms with Crippen LogP contribution in [-0.4, -0.2) is 42.8 Å². The van der Waals surface area contributed by atoms with Crippen LogP contribution < -0.4 is 14.2 Å². The van der Waals surface area contributed by atoms with Gasteiger partial charge in [0.05, 0.1) is 30.5 Å². The molecule has 0 saturated heterocycles. The molecule has 0 unspecified atom stereocenters. The summed E-state index contributed by atoms with van der Waals surface area (Å²) in [5.41, 5.74) is 1.01. The fourth-order valence-corrected chi connectivity index (χ4v) is 3.74. The van der Waals surface area contributed by atoms with Gasteiger partial charge < -0.3 is 24.1 Å². The van der Waals surface area contributed by atoms with E-state index in [0.717, 1.165) is 5.56 Å². The number of ether oxygens (including phenoxy) is 4. The van der Waals surface area contributed by atoms with Crippen molar-refractivity contribution in [3.8, 4) is 17.2 Å². The molecule has 1 atom stereocenters. The summed E-state index contributed by atoms with van der Waals surface area (Å²) in [6.45, 7) is 9.34. The van der Waals surface area contributed by atoms with Crippen molar-refractivity contribution in [2.75, 3.05) is 13.7 Å². The van der Waals surface area contributed by atoms with E-state index in [9.17, 15) is 14.7 Å². The molecule has 31 heavy (non-hydrogen) atoms. The number of carbonyl (C=O) groups excluding carboxylic acids is 2. The Balaban J connectivity index is 2.22. The third-order valence-electron chi connectivity index (χ3n) is 5.35. The molecular formula is C24H30O7. The molecule has 0 radical (unpaired) electrons. The third-order valence-corrected chi connectivity index (χ3v) is 5.35. The molecule has 0 fully saturated rings. The maximum atomic E-state index is 12.5. The number of carbonyl (C=O) groups is 2. The Bertz CT molecular complexity index is 948. The van der Waals surface area contributed by atoms with Crippen molar-refractivity contribution in [1.82, 2.24) is 0 Å². The molecule has 0 aliphatic carbocycles. The first-order valence-electron chi connectivity index (χ1n) is 10.5. The molecule has 0 spiro atoms. The highest BCUT2D eigenvalue weighted by Gasteiger charge is 2.41. The number of benzene rings is 1. The van der Waals surface area contributed by atoms with Gasteiger partial charge in [0.1, 0.15) is 23.4 Å². The standard InChI is InChI=1S/C24H30O7/c1-7-29-23(26)22-16(12-25)14(9-8-13(2)3)20-18(31-22)11-17-15(21(20)28-6)10-19(30-17)24(4,5)27/h9,11-13,19,27H,7-8,10H2,1-6H3/b14-9+/t19-/m0/s1. The summed E-state index contributed by atoms with van der Waals surface area (Å²) in [7, 11) is 1.54. The van der Waals surface area contributed by atoms with Gasteiger partial charge in [0, 0.05) is 18.1 Å². The predicted molar refractivity (Wildman–Crippen MR) is 115 cm³/mol. The fraction of sp³-hybridized carbons (Fsp3) is 0.500. The summed E-state index contributed by atoms with van der Waals surface area (Å²) in [5, 5.41) is 10.4.